The summed E-state index contributed by atoms with van der Waals surface area (Å²) in [4.78, 5) is 2.36. The van der Waals surface area contributed by atoms with Crippen LogP contribution in [0.1, 0.15) is 20.8 Å². The van der Waals surface area contributed by atoms with Gasteiger partial charge in [0.25, 0.3) is 0 Å². The first-order valence-electron chi connectivity index (χ1n) is 7.60. The summed E-state index contributed by atoms with van der Waals surface area (Å²) >= 11 is 1.12. The minimum Gasteiger partial charge on any atom is -0.494 e. The largest absolute Gasteiger partial charge is 0.494 e. The van der Waals surface area contributed by atoms with Crippen LogP contribution in [0.15, 0.2) is 58.3 Å². The molecule has 4 heteroatoms. The average molecular weight is 321 g/mol. The maximum Gasteiger partial charge on any atom is 0.161 e. The van der Waals surface area contributed by atoms with E-state index in [2.05, 4.69) is 18.2 Å². The third kappa shape index (κ3) is 6.41. The summed E-state index contributed by atoms with van der Waals surface area (Å²) in [5.41, 5.74) is 0. The van der Waals surface area contributed by atoms with Crippen LogP contribution in [0.25, 0.3) is 0 Å². The number of benzene rings is 2. The molecule has 1 N–H and O–H groups in total. The fourth-order valence-corrected chi connectivity index (χ4v) is 2.69. The molecule has 0 aliphatic heterocycles. The monoisotopic (exact) mass is 321 g/mol. The van der Waals surface area contributed by atoms with Crippen molar-refractivity contribution < 1.29 is 14.6 Å². The molecule has 0 saturated heterocycles. The number of aliphatic hydroxyl groups excluding tert-OH is 1. The second-order valence-corrected chi connectivity index (χ2v) is 5.36. The Balaban J connectivity index is 0.00000116. The lowest BCUT2D eigenvalue weighted by Gasteiger charge is -2.03. The van der Waals surface area contributed by atoms with E-state index in [0.29, 0.717) is 13.2 Å². The first-order valence-corrected chi connectivity index (χ1v) is 8.49. The molecule has 2 aromatic carbocycles. The third-order valence-corrected chi connectivity index (χ3v) is 3.68. The van der Waals surface area contributed by atoms with E-state index in [-0.39, 0.29) is 6.61 Å². The lowest BCUT2D eigenvalue weighted by Crippen LogP contribution is -2.01. The van der Waals surface area contributed by atoms with Crippen LogP contribution in [0.2, 0.25) is 0 Å². The molecule has 0 unspecified atom stereocenters. The number of hydrogen-bond donors (Lipinski definition) is 1. The summed E-state index contributed by atoms with van der Waals surface area (Å²) in [5.74, 6) is 1.68. The smallest absolute Gasteiger partial charge is 0.161 e. The highest BCUT2D eigenvalue weighted by atomic mass is 32.2. The second-order valence-electron chi connectivity index (χ2n) is 4.11. The molecule has 3 nitrogen and oxygen atoms in total. The van der Waals surface area contributed by atoms with Crippen LogP contribution in [-0.2, 0) is 11.8 Å². The highest BCUT2D eigenvalue weighted by Gasteiger charge is 2.08. The van der Waals surface area contributed by atoms with Crippen LogP contribution in [0.3, 0.4) is 0 Å². The topological polar surface area (TPSA) is 38.7 Å². The second kappa shape index (κ2) is 11.0. The van der Waals surface area contributed by atoms with Crippen molar-refractivity contribution in [3.05, 3.63) is 48.5 Å². The highest BCUT2D eigenvalue weighted by molar-refractivity contribution is 7.78. The summed E-state index contributed by atoms with van der Waals surface area (Å²) in [6.45, 7) is 7.01. The van der Waals surface area contributed by atoms with E-state index in [9.17, 15) is 0 Å². The van der Waals surface area contributed by atoms with Gasteiger partial charge in [-0.2, -0.15) is 0 Å². The molecule has 0 saturated carbocycles. The summed E-state index contributed by atoms with van der Waals surface area (Å²) in [5, 5.41) is 8.76. The van der Waals surface area contributed by atoms with Gasteiger partial charge in [-0.3, -0.25) is 0 Å². The zero-order valence-corrected chi connectivity index (χ0v) is 14.3. The Morgan fingerprint density at radius 2 is 1.64 bits per heavy atom. The predicted molar refractivity (Wildman–Crippen MR) is 93.3 cm³/mol. The Morgan fingerprint density at radius 3 is 2.27 bits per heavy atom. The lowest BCUT2D eigenvalue weighted by molar-refractivity contribution is 0.201. The molecular formula is C18H25O3S+. The van der Waals surface area contributed by atoms with E-state index in [1.807, 2.05) is 51.1 Å². The van der Waals surface area contributed by atoms with Crippen molar-refractivity contribution in [2.75, 3.05) is 19.8 Å². The fourth-order valence-electron chi connectivity index (χ4n) is 1.74. The van der Waals surface area contributed by atoms with Gasteiger partial charge in [-0.25, -0.2) is 0 Å². The summed E-state index contributed by atoms with van der Waals surface area (Å²) < 4.78 is 10.8. The molecular weight excluding hydrogens is 296 g/mol. The number of thiol groups is 1. The normalized spacial score (nSPS) is 9.64. The Morgan fingerprint density at radius 1 is 0.909 bits per heavy atom. The maximum absolute atomic E-state index is 8.76. The van der Waals surface area contributed by atoms with Crippen LogP contribution < -0.4 is 9.47 Å². The molecule has 2 aromatic rings. The van der Waals surface area contributed by atoms with Gasteiger partial charge in [-0.15, -0.1) is 0 Å². The van der Waals surface area contributed by atoms with Crippen molar-refractivity contribution in [2.24, 2.45) is 0 Å². The van der Waals surface area contributed by atoms with Crippen molar-refractivity contribution in [3.63, 3.8) is 0 Å². The van der Waals surface area contributed by atoms with Crippen LogP contribution in [0.4, 0.5) is 0 Å². The van der Waals surface area contributed by atoms with E-state index in [1.54, 1.807) is 0 Å². The van der Waals surface area contributed by atoms with Gasteiger partial charge in [0, 0.05) is 17.8 Å². The van der Waals surface area contributed by atoms with E-state index in [1.165, 1.54) is 4.90 Å². The van der Waals surface area contributed by atoms with Crippen molar-refractivity contribution in [2.45, 2.75) is 30.6 Å². The van der Waals surface area contributed by atoms with Crippen molar-refractivity contribution in [1.29, 1.82) is 0 Å². The number of rotatable bonds is 7. The molecule has 120 valence electrons. The number of hydrogen-bond acceptors (Lipinski definition) is 3. The fraction of sp³-hybridized carbons (Fsp3) is 0.333. The third-order valence-electron chi connectivity index (χ3n) is 2.58. The number of aliphatic hydroxyl groups is 1. The Bertz CT molecular complexity index is 526. The number of ether oxygens (including phenoxy) is 2. The van der Waals surface area contributed by atoms with Crippen LogP contribution in [0, 0.1) is 0 Å². The van der Waals surface area contributed by atoms with Crippen LogP contribution in [0.5, 0.6) is 11.5 Å². The Hall–Kier alpha value is -1.65. The van der Waals surface area contributed by atoms with Crippen LogP contribution >= 0.6 is 0 Å². The van der Waals surface area contributed by atoms with E-state index in [0.717, 1.165) is 28.2 Å². The molecule has 0 spiro atoms. The summed E-state index contributed by atoms with van der Waals surface area (Å²) in [7, 11) is 0. The Labute approximate surface area is 137 Å². The summed E-state index contributed by atoms with van der Waals surface area (Å²) in [6.07, 6.45) is 0. The van der Waals surface area contributed by atoms with Gasteiger partial charge in [0.05, 0.1) is 13.2 Å². The molecule has 0 bridgehead atoms. The molecule has 0 fully saturated rings. The molecule has 0 aromatic heterocycles. The van der Waals surface area contributed by atoms with Crippen molar-refractivity contribution in [3.8, 4) is 11.5 Å². The first-order chi connectivity index (χ1) is 10.8. The quantitative estimate of drug-likeness (QED) is 0.624. The maximum atomic E-state index is 8.76. The van der Waals surface area contributed by atoms with Gasteiger partial charge in [0.15, 0.2) is 9.79 Å². The minimum atomic E-state index is 0.0286. The van der Waals surface area contributed by atoms with E-state index in [4.69, 9.17) is 14.6 Å². The van der Waals surface area contributed by atoms with Crippen molar-refractivity contribution >= 4 is 11.8 Å². The zero-order chi connectivity index (χ0) is 16.2. The Kier molecular flexibility index (Phi) is 9.19. The first kappa shape index (κ1) is 18.4. The molecule has 22 heavy (non-hydrogen) atoms. The predicted octanol–water partition coefficient (Wildman–Crippen LogP) is 3.72. The van der Waals surface area contributed by atoms with E-state index < -0.39 is 0 Å². The van der Waals surface area contributed by atoms with Gasteiger partial charge >= 0.3 is 0 Å². The van der Waals surface area contributed by atoms with Gasteiger partial charge in [0.2, 0.25) is 0 Å². The zero-order valence-electron chi connectivity index (χ0n) is 13.5. The van der Waals surface area contributed by atoms with Gasteiger partial charge in [-0.1, -0.05) is 19.9 Å². The molecule has 0 amide bonds. The van der Waals surface area contributed by atoms with Crippen LogP contribution in [-0.4, -0.2) is 24.9 Å². The summed E-state index contributed by atoms with van der Waals surface area (Å²) in [6, 6.07) is 16.0. The lowest BCUT2D eigenvalue weighted by atomic mass is 10.3. The van der Waals surface area contributed by atoms with Gasteiger partial charge < -0.3 is 14.6 Å². The van der Waals surface area contributed by atoms with Gasteiger partial charge in [-0.05, 0) is 43.3 Å². The minimum absolute atomic E-state index is 0.0286. The molecule has 0 heterocycles. The SMILES string of the molecule is CC.CCOc1ccc([SH+]c2cccc(OCCO)c2)cc1. The van der Waals surface area contributed by atoms with Gasteiger partial charge in [0.1, 0.15) is 18.1 Å². The molecule has 0 atom stereocenters. The van der Waals surface area contributed by atoms with Crippen molar-refractivity contribution in [1.82, 2.24) is 0 Å². The molecule has 0 aliphatic carbocycles. The van der Waals surface area contributed by atoms with E-state index >= 15 is 0 Å². The highest BCUT2D eigenvalue weighted by Crippen LogP contribution is 2.20. The standard InChI is InChI=1S/C16H18O3S.C2H6/c1-2-18-13-6-8-15(9-7-13)20-16-5-3-4-14(12-16)19-11-10-17;1-2/h3-9,12,17H,2,10-11H2,1H3;1-2H3/p+1. The molecule has 2 rings (SSSR count). The average Bonchev–Trinajstić information content (AvgIpc) is 2.57. The molecule has 0 radical (unpaired) electrons. The molecule has 0 aliphatic rings.